The third-order valence-electron chi connectivity index (χ3n) is 4.68. The highest BCUT2D eigenvalue weighted by Gasteiger charge is 2.71. The molecule has 0 bridgehead atoms. The van der Waals surface area contributed by atoms with Crippen LogP contribution in [-0.4, -0.2) is 16.9 Å². The van der Waals surface area contributed by atoms with E-state index in [0.717, 1.165) is 0 Å². The van der Waals surface area contributed by atoms with Crippen LogP contribution in [-0.2, 0) is 0 Å². The predicted octanol–water partition coefficient (Wildman–Crippen LogP) is 5.02. The molecule has 1 saturated carbocycles. The Bertz CT molecular complexity index is 616. The maximum atomic E-state index is 13.7. The Morgan fingerprint density at radius 1 is 1.27 bits per heavy atom. The molecule has 22 heavy (non-hydrogen) atoms. The fraction of sp³-hybridized carbons (Fsp3) is 0.529. The zero-order chi connectivity index (χ0) is 16.9. The molecular formula is C17H20F4O. The quantitative estimate of drug-likeness (QED) is 0.760. The van der Waals surface area contributed by atoms with Gasteiger partial charge in [-0.05, 0) is 48.1 Å². The fourth-order valence-electron chi connectivity index (χ4n) is 3.25. The SMILES string of the molecule is CC/C(=C1\CC(C)(C)[C@]1(O)C(F)(F)F)c1ccc(C)c(F)c1. The first-order valence-electron chi connectivity index (χ1n) is 7.24. The third kappa shape index (κ3) is 2.26. The van der Waals surface area contributed by atoms with Crippen LogP contribution in [0.25, 0.3) is 5.57 Å². The van der Waals surface area contributed by atoms with Crippen molar-refractivity contribution < 1.29 is 22.7 Å². The van der Waals surface area contributed by atoms with E-state index in [1.165, 1.54) is 26.0 Å². The maximum Gasteiger partial charge on any atom is 0.421 e. The van der Waals surface area contributed by atoms with Gasteiger partial charge in [0.05, 0.1) is 0 Å². The lowest BCUT2D eigenvalue weighted by Gasteiger charge is -2.55. The molecule has 5 heteroatoms. The van der Waals surface area contributed by atoms with Crippen LogP contribution >= 0.6 is 0 Å². The minimum Gasteiger partial charge on any atom is -0.376 e. The molecule has 0 heterocycles. The Morgan fingerprint density at radius 2 is 1.86 bits per heavy atom. The first-order chi connectivity index (χ1) is 9.95. The normalized spacial score (nSPS) is 26.6. The molecule has 1 N–H and O–H groups in total. The van der Waals surface area contributed by atoms with Crippen LogP contribution in [0.15, 0.2) is 23.8 Å². The molecule has 0 saturated heterocycles. The lowest BCUT2D eigenvalue weighted by atomic mass is 9.53. The minimum atomic E-state index is -4.76. The van der Waals surface area contributed by atoms with Crippen molar-refractivity contribution in [2.75, 3.05) is 0 Å². The zero-order valence-corrected chi connectivity index (χ0v) is 13.1. The van der Waals surface area contributed by atoms with E-state index in [4.69, 9.17) is 0 Å². The second-order valence-corrected chi connectivity index (χ2v) is 6.54. The van der Waals surface area contributed by atoms with E-state index in [1.54, 1.807) is 19.9 Å². The van der Waals surface area contributed by atoms with Crippen molar-refractivity contribution in [1.82, 2.24) is 0 Å². The number of aryl methyl sites for hydroxylation is 1. The van der Waals surface area contributed by atoms with Gasteiger partial charge in [-0.2, -0.15) is 13.2 Å². The Balaban J connectivity index is 2.62. The number of rotatable bonds is 2. The molecule has 1 atom stereocenters. The number of benzene rings is 1. The van der Waals surface area contributed by atoms with Crippen molar-refractivity contribution in [3.05, 3.63) is 40.7 Å². The summed E-state index contributed by atoms with van der Waals surface area (Å²) in [6.07, 6.45) is -4.32. The molecule has 1 aliphatic carbocycles. The molecule has 1 aromatic carbocycles. The van der Waals surface area contributed by atoms with Crippen molar-refractivity contribution in [3.63, 3.8) is 0 Å². The number of aliphatic hydroxyl groups is 1. The summed E-state index contributed by atoms with van der Waals surface area (Å²) in [5.41, 5.74) is -2.98. The first kappa shape index (κ1) is 17.0. The van der Waals surface area contributed by atoms with Crippen LogP contribution in [0.1, 0.15) is 44.7 Å². The van der Waals surface area contributed by atoms with E-state index in [0.29, 0.717) is 23.1 Å². The Kier molecular flexibility index (Phi) is 3.93. The van der Waals surface area contributed by atoms with Crippen LogP contribution < -0.4 is 0 Å². The molecule has 1 aromatic rings. The minimum absolute atomic E-state index is 0.0456. The van der Waals surface area contributed by atoms with Gasteiger partial charge in [-0.1, -0.05) is 32.9 Å². The average Bonchev–Trinajstić information content (AvgIpc) is 2.40. The second-order valence-electron chi connectivity index (χ2n) is 6.54. The van der Waals surface area contributed by atoms with Gasteiger partial charge >= 0.3 is 6.18 Å². The smallest absolute Gasteiger partial charge is 0.376 e. The Labute approximate surface area is 127 Å². The zero-order valence-electron chi connectivity index (χ0n) is 13.1. The molecule has 1 fully saturated rings. The van der Waals surface area contributed by atoms with E-state index >= 15 is 0 Å². The summed E-state index contributed by atoms with van der Waals surface area (Å²) in [6.45, 7) is 6.10. The van der Waals surface area contributed by atoms with E-state index in [1.807, 2.05) is 0 Å². The van der Waals surface area contributed by atoms with Gasteiger partial charge in [0, 0.05) is 5.41 Å². The molecule has 122 valence electrons. The van der Waals surface area contributed by atoms with E-state index in [2.05, 4.69) is 0 Å². The molecule has 0 aromatic heterocycles. The van der Waals surface area contributed by atoms with Crippen LogP contribution in [0.2, 0.25) is 0 Å². The van der Waals surface area contributed by atoms with Gasteiger partial charge in [0.15, 0.2) is 5.60 Å². The molecule has 0 spiro atoms. The fourth-order valence-corrected chi connectivity index (χ4v) is 3.25. The largest absolute Gasteiger partial charge is 0.421 e. The molecule has 0 aliphatic heterocycles. The van der Waals surface area contributed by atoms with Gasteiger partial charge in [-0.15, -0.1) is 0 Å². The molecule has 0 amide bonds. The van der Waals surface area contributed by atoms with Gasteiger partial charge in [-0.3, -0.25) is 0 Å². The van der Waals surface area contributed by atoms with Crippen LogP contribution in [0.3, 0.4) is 0 Å². The van der Waals surface area contributed by atoms with Crippen molar-refractivity contribution >= 4 is 5.57 Å². The summed E-state index contributed by atoms with van der Waals surface area (Å²) in [4.78, 5) is 0. The number of allylic oxidation sites excluding steroid dienone is 1. The number of hydrogen-bond donors (Lipinski definition) is 1. The maximum absolute atomic E-state index is 13.7. The summed E-state index contributed by atoms with van der Waals surface area (Å²) < 4.78 is 54.0. The number of hydrogen-bond acceptors (Lipinski definition) is 1. The van der Waals surface area contributed by atoms with Gasteiger partial charge < -0.3 is 5.11 Å². The highest BCUT2D eigenvalue weighted by molar-refractivity contribution is 5.73. The molecule has 1 aliphatic rings. The summed E-state index contributed by atoms with van der Waals surface area (Å²) >= 11 is 0. The van der Waals surface area contributed by atoms with Crippen molar-refractivity contribution in [3.8, 4) is 0 Å². The summed E-state index contributed by atoms with van der Waals surface area (Å²) in [7, 11) is 0. The topological polar surface area (TPSA) is 20.2 Å². The summed E-state index contributed by atoms with van der Waals surface area (Å²) in [5, 5.41) is 10.3. The molecule has 0 unspecified atom stereocenters. The van der Waals surface area contributed by atoms with E-state index in [-0.39, 0.29) is 12.0 Å². The second kappa shape index (κ2) is 5.08. The van der Waals surface area contributed by atoms with Gasteiger partial charge in [0.25, 0.3) is 0 Å². The van der Waals surface area contributed by atoms with Crippen LogP contribution in [0.5, 0.6) is 0 Å². The predicted molar refractivity (Wildman–Crippen MR) is 77.8 cm³/mol. The van der Waals surface area contributed by atoms with Crippen molar-refractivity contribution in [2.24, 2.45) is 5.41 Å². The molecule has 1 nitrogen and oxygen atoms in total. The highest BCUT2D eigenvalue weighted by Crippen LogP contribution is 2.62. The lowest BCUT2D eigenvalue weighted by Crippen LogP contribution is -2.65. The van der Waals surface area contributed by atoms with Crippen LogP contribution in [0, 0.1) is 18.2 Å². The van der Waals surface area contributed by atoms with Crippen LogP contribution in [0.4, 0.5) is 17.6 Å². The van der Waals surface area contributed by atoms with E-state index in [9.17, 15) is 22.7 Å². The standard InChI is InChI=1S/C17H20F4O/c1-5-12(11-7-6-10(2)14(18)8-11)13-9-15(3,4)16(13,22)17(19,20)21/h6-8,22H,5,9H2,1-4H3/b13-12-/t16-/m0/s1. The van der Waals surface area contributed by atoms with E-state index < -0.39 is 23.0 Å². The summed E-state index contributed by atoms with van der Waals surface area (Å²) in [5.74, 6) is -0.460. The monoisotopic (exact) mass is 316 g/mol. The third-order valence-corrected chi connectivity index (χ3v) is 4.68. The molecule has 0 radical (unpaired) electrons. The highest BCUT2D eigenvalue weighted by atomic mass is 19.4. The Hall–Kier alpha value is -1.36. The lowest BCUT2D eigenvalue weighted by molar-refractivity contribution is -0.303. The Morgan fingerprint density at radius 3 is 2.27 bits per heavy atom. The van der Waals surface area contributed by atoms with Crippen molar-refractivity contribution in [2.45, 2.75) is 52.3 Å². The average molecular weight is 316 g/mol. The first-order valence-corrected chi connectivity index (χ1v) is 7.24. The summed E-state index contributed by atoms with van der Waals surface area (Å²) in [6, 6.07) is 4.38. The van der Waals surface area contributed by atoms with Gasteiger partial charge in [0.1, 0.15) is 5.82 Å². The van der Waals surface area contributed by atoms with Crippen molar-refractivity contribution in [1.29, 1.82) is 0 Å². The number of alkyl halides is 3. The van der Waals surface area contributed by atoms with Gasteiger partial charge in [0.2, 0.25) is 0 Å². The number of halogens is 4. The molecule has 2 rings (SSSR count). The molecular weight excluding hydrogens is 296 g/mol. The van der Waals surface area contributed by atoms with Gasteiger partial charge in [-0.25, -0.2) is 4.39 Å².